The topological polar surface area (TPSA) is 80.7 Å². The zero-order valence-corrected chi connectivity index (χ0v) is 16.4. The van der Waals surface area contributed by atoms with Crippen LogP contribution in [0.15, 0.2) is 18.2 Å². The molecule has 1 N–H and O–H groups in total. The van der Waals surface area contributed by atoms with Gasteiger partial charge in [0.05, 0.1) is 0 Å². The van der Waals surface area contributed by atoms with Crippen molar-refractivity contribution in [2.75, 3.05) is 0 Å². The Bertz CT molecular complexity index is 716. The molecule has 0 saturated carbocycles. The summed E-state index contributed by atoms with van der Waals surface area (Å²) in [5, 5.41) is -4.55. The van der Waals surface area contributed by atoms with Crippen LogP contribution >= 0.6 is 0 Å². The summed E-state index contributed by atoms with van der Waals surface area (Å²) >= 11 is 0. The SMILES string of the molecule is CC(C)c1cccc(C(C)C)c1CCC(=O)OC(C)C(F)(F)S(=O)(=O)O. The van der Waals surface area contributed by atoms with Crippen molar-refractivity contribution in [3.05, 3.63) is 34.9 Å². The molecule has 0 saturated heterocycles. The molecule has 0 radical (unpaired) electrons. The number of hydrogen-bond donors (Lipinski definition) is 1. The summed E-state index contributed by atoms with van der Waals surface area (Å²) in [6, 6.07) is 5.87. The molecule has 0 aromatic heterocycles. The maximum atomic E-state index is 13.5. The number of alkyl halides is 2. The van der Waals surface area contributed by atoms with Gasteiger partial charge >= 0.3 is 21.3 Å². The Morgan fingerprint density at radius 1 is 1.12 bits per heavy atom. The number of hydrogen-bond acceptors (Lipinski definition) is 4. The number of halogens is 2. The third kappa shape index (κ3) is 5.23. The molecule has 8 heteroatoms. The summed E-state index contributed by atoms with van der Waals surface area (Å²) in [6.45, 7) is 8.82. The average molecular weight is 392 g/mol. The molecule has 0 heterocycles. The van der Waals surface area contributed by atoms with Gasteiger partial charge in [0, 0.05) is 6.42 Å². The third-order valence-corrected chi connectivity index (χ3v) is 5.22. The lowest BCUT2D eigenvalue weighted by atomic mass is 9.86. The number of carbonyl (C=O) groups is 1. The maximum Gasteiger partial charge on any atom is 0.405 e. The Balaban J connectivity index is 2.92. The summed E-state index contributed by atoms with van der Waals surface area (Å²) in [5.41, 5.74) is 3.12. The summed E-state index contributed by atoms with van der Waals surface area (Å²) < 4.78 is 61.5. The zero-order valence-electron chi connectivity index (χ0n) is 15.6. The number of rotatable bonds is 8. The van der Waals surface area contributed by atoms with Gasteiger partial charge in [-0.25, -0.2) is 0 Å². The summed E-state index contributed by atoms with van der Waals surface area (Å²) in [6.07, 6.45) is -2.16. The molecular formula is C18H26F2O5S. The van der Waals surface area contributed by atoms with E-state index in [2.05, 4.69) is 4.74 Å². The van der Waals surface area contributed by atoms with Crippen molar-refractivity contribution in [3.63, 3.8) is 0 Å². The third-order valence-electron chi connectivity index (χ3n) is 4.20. The number of benzene rings is 1. The lowest BCUT2D eigenvalue weighted by Crippen LogP contribution is -2.42. The molecule has 1 aromatic rings. The van der Waals surface area contributed by atoms with E-state index >= 15 is 0 Å². The van der Waals surface area contributed by atoms with Crippen molar-refractivity contribution < 1.29 is 31.3 Å². The Morgan fingerprint density at radius 2 is 1.58 bits per heavy atom. The molecule has 0 aliphatic heterocycles. The first-order chi connectivity index (χ1) is 11.8. The summed E-state index contributed by atoms with van der Waals surface area (Å²) in [7, 11) is -5.66. The van der Waals surface area contributed by atoms with Crippen LogP contribution in [0.25, 0.3) is 0 Å². The van der Waals surface area contributed by atoms with Gasteiger partial charge in [0.25, 0.3) is 0 Å². The van der Waals surface area contributed by atoms with Gasteiger partial charge in [-0.1, -0.05) is 45.9 Å². The second-order valence-corrected chi connectivity index (χ2v) is 8.39. The predicted octanol–water partition coefficient (Wildman–Crippen LogP) is 4.28. The molecule has 148 valence electrons. The first-order valence-electron chi connectivity index (χ1n) is 8.45. The maximum absolute atomic E-state index is 13.5. The highest BCUT2D eigenvalue weighted by Crippen LogP contribution is 2.30. The fourth-order valence-electron chi connectivity index (χ4n) is 2.76. The highest BCUT2D eigenvalue weighted by Gasteiger charge is 2.51. The first-order valence-corrected chi connectivity index (χ1v) is 9.89. The van der Waals surface area contributed by atoms with Crippen LogP contribution in [0.2, 0.25) is 0 Å². The van der Waals surface area contributed by atoms with Gasteiger partial charge in [-0.15, -0.1) is 0 Å². The first kappa shape index (κ1) is 22.5. The minimum Gasteiger partial charge on any atom is -0.455 e. The van der Waals surface area contributed by atoms with Crippen LogP contribution in [0.1, 0.15) is 69.6 Å². The van der Waals surface area contributed by atoms with Crippen molar-refractivity contribution in [1.82, 2.24) is 0 Å². The lowest BCUT2D eigenvalue weighted by molar-refractivity contribution is -0.159. The van der Waals surface area contributed by atoms with Crippen LogP contribution in [-0.2, 0) is 26.1 Å². The second kappa shape index (κ2) is 8.43. The number of carbonyl (C=O) groups excluding carboxylic acids is 1. The second-order valence-electron chi connectivity index (χ2n) is 6.89. The molecule has 1 aromatic carbocycles. The fraction of sp³-hybridized carbons (Fsp3) is 0.611. The smallest absolute Gasteiger partial charge is 0.405 e. The molecule has 5 nitrogen and oxygen atoms in total. The number of esters is 1. The van der Waals surface area contributed by atoms with E-state index in [9.17, 15) is 22.0 Å². The van der Waals surface area contributed by atoms with E-state index in [1.165, 1.54) is 0 Å². The van der Waals surface area contributed by atoms with Crippen LogP contribution in [-0.4, -0.2) is 30.3 Å². The monoisotopic (exact) mass is 392 g/mol. The number of ether oxygens (including phenoxy) is 1. The molecule has 0 spiro atoms. The Hall–Kier alpha value is -1.54. The van der Waals surface area contributed by atoms with E-state index in [4.69, 9.17) is 4.55 Å². The van der Waals surface area contributed by atoms with Crippen LogP contribution in [0, 0.1) is 0 Å². The minimum absolute atomic E-state index is 0.171. The summed E-state index contributed by atoms with van der Waals surface area (Å²) in [5.74, 6) is -0.501. The van der Waals surface area contributed by atoms with Crippen molar-refractivity contribution >= 4 is 16.1 Å². The normalized spacial score (nSPS) is 13.9. The molecule has 0 amide bonds. The van der Waals surface area contributed by atoms with Crippen LogP contribution in [0.5, 0.6) is 0 Å². The molecule has 1 atom stereocenters. The van der Waals surface area contributed by atoms with Crippen molar-refractivity contribution in [2.24, 2.45) is 0 Å². The van der Waals surface area contributed by atoms with E-state index in [0.29, 0.717) is 6.42 Å². The molecule has 0 fully saturated rings. The van der Waals surface area contributed by atoms with Gasteiger partial charge in [-0.2, -0.15) is 17.2 Å². The molecule has 1 rings (SSSR count). The van der Waals surface area contributed by atoms with Crippen molar-refractivity contribution in [2.45, 2.75) is 70.7 Å². The van der Waals surface area contributed by atoms with Gasteiger partial charge in [0.1, 0.15) is 0 Å². The lowest BCUT2D eigenvalue weighted by Gasteiger charge is -2.22. The average Bonchev–Trinajstić information content (AvgIpc) is 2.50. The van der Waals surface area contributed by atoms with Crippen LogP contribution in [0.3, 0.4) is 0 Å². The van der Waals surface area contributed by atoms with Crippen molar-refractivity contribution in [3.8, 4) is 0 Å². The molecule has 0 aliphatic rings. The van der Waals surface area contributed by atoms with E-state index < -0.39 is 27.4 Å². The molecule has 0 bridgehead atoms. The highest BCUT2D eigenvalue weighted by molar-refractivity contribution is 7.86. The van der Waals surface area contributed by atoms with Gasteiger partial charge < -0.3 is 4.74 Å². The van der Waals surface area contributed by atoms with Gasteiger partial charge in [-0.05, 0) is 41.9 Å². The van der Waals surface area contributed by atoms with Gasteiger partial charge in [-0.3, -0.25) is 9.35 Å². The fourth-order valence-corrected chi connectivity index (χ4v) is 3.22. The predicted molar refractivity (Wildman–Crippen MR) is 95.0 cm³/mol. The molecule has 26 heavy (non-hydrogen) atoms. The standard InChI is InChI=1S/C18H26F2O5S/c1-11(2)14-7-6-8-15(12(3)4)16(14)9-10-17(21)25-13(5)18(19,20)26(22,23)24/h6-8,11-13H,9-10H2,1-5H3,(H,22,23,24). The minimum atomic E-state index is -5.66. The van der Waals surface area contributed by atoms with Crippen LogP contribution < -0.4 is 0 Å². The molecule has 1 unspecified atom stereocenters. The van der Waals surface area contributed by atoms with E-state index in [1.807, 2.05) is 45.9 Å². The molecular weight excluding hydrogens is 366 g/mol. The van der Waals surface area contributed by atoms with Gasteiger partial charge in [0.2, 0.25) is 0 Å². The van der Waals surface area contributed by atoms with E-state index in [1.54, 1.807) is 0 Å². The van der Waals surface area contributed by atoms with Gasteiger partial charge in [0.15, 0.2) is 6.10 Å². The zero-order chi connectivity index (χ0) is 20.3. The molecule has 0 aliphatic carbocycles. The van der Waals surface area contributed by atoms with Crippen molar-refractivity contribution in [1.29, 1.82) is 0 Å². The largest absolute Gasteiger partial charge is 0.455 e. The van der Waals surface area contributed by atoms with E-state index in [-0.39, 0.29) is 18.3 Å². The van der Waals surface area contributed by atoms with Crippen LogP contribution in [0.4, 0.5) is 8.78 Å². The Morgan fingerprint density at radius 3 is 1.96 bits per heavy atom. The highest BCUT2D eigenvalue weighted by atomic mass is 32.2. The Kier molecular flexibility index (Phi) is 7.30. The summed E-state index contributed by atoms with van der Waals surface area (Å²) in [4.78, 5) is 11.9. The quantitative estimate of drug-likeness (QED) is 0.528. The van der Waals surface area contributed by atoms with E-state index in [0.717, 1.165) is 23.6 Å². The Labute approximate surface area is 153 Å².